The molecule has 26 heavy (non-hydrogen) atoms. The lowest BCUT2D eigenvalue weighted by atomic mass is 10.1. The van der Waals surface area contributed by atoms with Crippen molar-refractivity contribution in [2.45, 2.75) is 12.2 Å². The minimum absolute atomic E-state index is 0.378. The van der Waals surface area contributed by atoms with Crippen LogP contribution in [-0.2, 0) is 14.6 Å². The third kappa shape index (κ3) is 4.00. The van der Waals surface area contributed by atoms with Gasteiger partial charge in [-0.25, -0.2) is 13.4 Å². The highest BCUT2D eigenvalue weighted by Gasteiger charge is 2.25. The highest BCUT2D eigenvalue weighted by Crippen LogP contribution is 2.38. The predicted octanol–water partition coefficient (Wildman–Crippen LogP) is 3.85. The van der Waals surface area contributed by atoms with Crippen LogP contribution in [0.2, 0.25) is 0 Å². The third-order valence-electron chi connectivity index (χ3n) is 3.95. The van der Waals surface area contributed by atoms with Crippen LogP contribution in [0.5, 0.6) is 0 Å². The van der Waals surface area contributed by atoms with E-state index in [4.69, 9.17) is 0 Å². The van der Waals surface area contributed by atoms with Gasteiger partial charge in [-0.1, -0.05) is 72.0 Å². The first-order chi connectivity index (χ1) is 12.4. The quantitative estimate of drug-likeness (QED) is 0.723. The van der Waals surface area contributed by atoms with Gasteiger partial charge in [0.15, 0.2) is 15.0 Å². The molecule has 1 N–H and O–H groups in total. The second-order valence-corrected chi connectivity index (χ2v) is 9.26. The highest BCUT2D eigenvalue weighted by atomic mass is 32.2. The van der Waals surface area contributed by atoms with Gasteiger partial charge in [0, 0.05) is 11.8 Å². The van der Waals surface area contributed by atoms with Crippen molar-refractivity contribution in [1.29, 1.82) is 0 Å². The van der Waals surface area contributed by atoms with Crippen molar-refractivity contribution in [2.24, 2.45) is 0 Å². The average molecular weight is 386 g/mol. The molecule has 1 atom stereocenters. The van der Waals surface area contributed by atoms with Crippen molar-refractivity contribution >= 4 is 32.2 Å². The fourth-order valence-corrected chi connectivity index (χ4v) is 3.80. The van der Waals surface area contributed by atoms with Crippen LogP contribution in [0.15, 0.2) is 60.7 Å². The number of hydrogen-bond donors (Lipinski definition) is 1. The molecule has 0 bridgehead atoms. The molecule has 0 saturated heterocycles. The molecule has 0 spiro atoms. The van der Waals surface area contributed by atoms with Crippen molar-refractivity contribution < 1.29 is 13.2 Å². The standard InChI is InChI=1S/C19H18N2O3S2/c1-13(26(2,23)24)18(22)21-19-20-16(14-9-5-3-6-10-14)17(25-19)15-11-7-4-8-12-15/h3-13H,1-2H3,(H,20,21,22)/t13-/m0/s1. The van der Waals surface area contributed by atoms with Crippen LogP contribution in [0.3, 0.4) is 0 Å². The topological polar surface area (TPSA) is 76.1 Å². The van der Waals surface area contributed by atoms with E-state index in [2.05, 4.69) is 10.3 Å². The molecule has 1 aromatic heterocycles. The van der Waals surface area contributed by atoms with Gasteiger partial charge in [0.05, 0.1) is 10.6 Å². The first kappa shape index (κ1) is 18.3. The van der Waals surface area contributed by atoms with Gasteiger partial charge in [-0.2, -0.15) is 0 Å². The molecule has 0 fully saturated rings. The highest BCUT2D eigenvalue weighted by molar-refractivity contribution is 7.92. The van der Waals surface area contributed by atoms with Gasteiger partial charge < -0.3 is 5.32 Å². The van der Waals surface area contributed by atoms with E-state index in [9.17, 15) is 13.2 Å². The number of thiazole rings is 1. The van der Waals surface area contributed by atoms with Gasteiger partial charge in [0.2, 0.25) is 5.91 Å². The Morgan fingerprint density at radius 2 is 1.54 bits per heavy atom. The molecule has 3 aromatic rings. The largest absolute Gasteiger partial charge is 0.301 e. The van der Waals surface area contributed by atoms with Gasteiger partial charge in [-0.3, -0.25) is 4.79 Å². The molecule has 0 aliphatic heterocycles. The molecule has 2 aromatic carbocycles. The molecule has 0 aliphatic carbocycles. The van der Waals surface area contributed by atoms with E-state index in [1.165, 1.54) is 18.3 Å². The molecule has 3 rings (SSSR count). The van der Waals surface area contributed by atoms with E-state index in [-0.39, 0.29) is 0 Å². The molecule has 5 nitrogen and oxygen atoms in total. The molecular formula is C19H18N2O3S2. The van der Waals surface area contributed by atoms with Gasteiger partial charge in [0.25, 0.3) is 0 Å². The summed E-state index contributed by atoms with van der Waals surface area (Å²) in [5.41, 5.74) is 2.67. The fraction of sp³-hybridized carbons (Fsp3) is 0.158. The van der Waals surface area contributed by atoms with E-state index >= 15 is 0 Å². The summed E-state index contributed by atoms with van der Waals surface area (Å²) in [6.45, 7) is 1.37. The Balaban J connectivity index is 2.01. The Labute approximate surface area is 156 Å². The smallest absolute Gasteiger partial charge is 0.244 e. The lowest BCUT2D eigenvalue weighted by Crippen LogP contribution is -2.31. The van der Waals surface area contributed by atoms with Crippen LogP contribution in [0.4, 0.5) is 5.13 Å². The summed E-state index contributed by atoms with van der Waals surface area (Å²) in [5.74, 6) is -0.583. The monoisotopic (exact) mass is 386 g/mol. The second-order valence-electron chi connectivity index (χ2n) is 5.89. The number of sulfone groups is 1. The van der Waals surface area contributed by atoms with Gasteiger partial charge in [0.1, 0.15) is 5.25 Å². The number of anilines is 1. The van der Waals surface area contributed by atoms with Crippen LogP contribution >= 0.6 is 11.3 Å². The molecule has 1 heterocycles. The van der Waals surface area contributed by atoms with Crippen molar-refractivity contribution in [3.63, 3.8) is 0 Å². The summed E-state index contributed by atoms with van der Waals surface area (Å²) in [6.07, 6.45) is 1.05. The van der Waals surface area contributed by atoms with E-state index in [0.29, 0.717) is 5.13 Å². The fourth-order valence-electron chi connectivity index (χ4n) is 2.35. The van der Waals surface area contributed by atoms with Crippen molar-refractivity contribution in [2.75, 3.05) is 11.6 Å². The minimum atomic E-state index is -3.46. The maximum absolute atomic E-state index is 12.2. The zero-order chi connectivity index (χ0) is 18.7. The summed E-state index contributed by atoms with van der Waals surface area (Å²) < 4.78 is 23.2. The van der Waals surface area contributed by atoms with Crippen molar-refractivity contribution in [1.82, 2.24) is 4.98 Å². The molecule has 7 heteroatoms. The Morgan fingerprint density at radius 1 is 1.00 bits per heavy atom. The first-order valence-electron chi connectivity index (χ1n) is 7.97. The number of rotatable bonds is 5. The van der Waals surface area contributed by atoms with Crippen LogP contribution in [0, 0.1) is 0 Å². The van der Waals surface area contributed by atoms with Crippen LogP contribution in [0.1, 0.15) is 6.92 Å². The summed E-state index contributed by atoms with van der Waals surface area (Å²) in [4.78, 5) is 17.7. The third-order valence-corrected chi connectivity index (χ3v) is 6.47. The lowest BCUT2D eigenvalue weighted by molar-refractivity contribution is -0.115. The number of benzene rings is 2. The summed E-state index contributed by atoms with van der Waals surface area (Å²) >= 11 is 1.33. The minimum Gasteiger partial charge on any atom is -0.301 e. The van der Waals surface area contributed by atoms with Crippen molar-refractivity contribution in [3.05, 3.63) is 60.7 Å². The molecule has 1 amide bonds. The summed E-state index contributed by atoms with van der Waals surface area (Å²) in [5, 5.41) is 1.88. The number of carbonyl (C=O) groups excluding carboxylic acids is 1. The van der Waals surface area contributed by atoms with Gasteiger partial charge >= 0.3 is 0 Å². The Kier molecular flexibility index (Phi) is 5.20. The van der Waals surface area contributed by atoms with E-state index in [1.807, 2.05) is 60.7 Å². The second kappa shape index (κ2) is 7.39. The van der Waals surface area contributed by atoms with Crippen molar-refractivity contribution in [3.8, 4) is 21.7 Å². The predicted molar refractivity (Wildman–Crippen MR) is 106 cm³/mol. The number of aromatic nitrogens is 1. The van der Waals surface area contributed by atoms with E-state index < -0.39 is 21.0 Å². The van der Waals surface area contributed by atoms with Crippen LogP contribution in [0.25, 0.3) is 21.7 Å². The van der Waals surface area contributed by atoms with Crippen LogP contribution in [-0.4, -0.2) is 30.8 Å². The lowest BCUT2D eigenvalue weighted by Gasteiger charge is -2.07. The van der Waals surface area contributed by atoms with Gasteiger partial charge in [-0.05, 0) is 12.5 Å². The molecule has 0 radical (unpaired) electrons. The number of nitrogens with zero attached hydrogens (tertiary/aromatic N) is 1. The normalized spacial score (nSPS) is 12.5. The number of hydrogen-bond acceptors (Lipinski definition) is 5. The molecule has 0 unspecified atom stereocenters. The SMILES string of the molecule is C[C@@H](C(=O)Nc1nc(-c2ccccc2)c(-c2ccccc2)s1)S(C)(=O)=O. The van der Waals surface area contributed by atoms with E-state index in [1.54, 1.807) is 0 Å². The van der Waals surface area contributed by atoms with E-state index in [0.717, 1.165) is 28.0 Å². The number of carbonyl (C=O) groups is 1. The molecular weight excluding hydrogens is 368 g/mol. The molecule has 0 saturated carbocycles. The van der Waals surface area contributed by atoms with Crippen LogP contribution < -0.4 is 5.32 Å². The zero-order valence-corrected chi connectivity index (χ0v) is 16.0. The Hall–Kier alpha value is -2.51. The maximum atomic E-state index is 12.2. The summed E-state index contributed by atoms with van der Waals surface area (Å²) in [7, 11) is -3.46. The maximum Gasteiger partial charge on any atom is 0.244 e. The summed E-state index contributed by atoms with van der Waals surface area (Å²) in [6, 6.07) is 19.4. The first-order valence-corrected chi connectivity index (χ1v) is 10.7. The average Bonchev–Trinajstić information content (AvgIpc) is 3.05. The Morgan fingerprint density at radius 3 is 2.08 bits per heavy atom. The number of nitrogens with one attached hydrogen (secondary N) is 1. The number of amides is 1. The van der Waals surface area contributed by atoms with Gasteiger partial charge in [-0.15, -0.1) is 0 Å². The zero-order valence-electron chi connectivity index (χ0n) is 14.3. The molecule has 134 valence electrons. The molecule has 0 aliphatic rings. The Bertz CT molecular complexity index is 956.